The second-order valence-electron chi connectivity index (χ2n) is 6.78. The van der Waals surface area contributed by atoms with Gasteiger partial charge in [0.05, 0.1) is 17.3 Å². The van der Waals surface area contributed by atoms with Crippen LogP contribution in [0, 0.1) is 5.92 Å². The highest BCUT2D eigenvalue weighted by atomic mass is 35.5. The van der Waals surface area contributed by atoms with Crippen LogP contribution in [-0.2, 0) is 4.79 Å². The number of nitrogens with one attached hydrogen (secondary N) is 3. The molecule has 7 heteroatoms. The van der Waals surface area contributed by atoms with E-state index in [0.717, 1.165) is 18.8 Å². The predicted octanol–water partition coefficient (Wildman–Crippen LogP) is 2.98. The summed E-state index contributed by atoms with van der Waals surface area (Å²) < 4.78 is 0. The first-order valence-corrected chi connectivity index (χ1v) is 9.35. The van der Waals surface area contributed by atoms with Crippen LogP contribution in [0.15, 0.2) is 18.2 Å². The summed E-state index contributed by atoms with van der Waals surface area (Å²) in [7, 11) is 0. The first-order chi connectivity index (χ1) is 12.1. The predicted molar refractivity (Wildman–Crippen MR) is 100 cm³/mol. The molecule has 1 saturated heterocycles. The van der Waals surface area contributed by atoms with E-state index in [1.807, 2.05) is 17.0 Å². The Labute approximate surface area is 153 Å². The smallest absolute Gasteiger partial charge is 0.319 e. The van der Waals surface area contributed by atoms with Gasteiger partial charge in [-0.3, -0.25) is 4.79 Å². The van der Waals surface area contributed by atoms with Crippen LogP contribution in [0.3, 0.4) is 0 Å². The van der Waals surface area contributed by atoms with Crippen LogP contribution in [-0.4, -0.2) is 38.1 Å². The molecule has 1 heterocycles. The van der Waals surface area contributed by atoms with E-state index in [2.05, 4.69) is 16.0 Å². The van der Waals surface area contributed by atoms with Gasteiger partial charge in [0.15, 0.2) is 0 Å². The monoisotopic (exact) mass is 364 g/mol. The average molecular weight is 365 g/mol. The van der Waals surface area contributed by atoms with E-state index in [-0.39, 0.29) is 11.9 Å². The van der Waals surface area contributed by atoms with E-state index in [4.69, 9.17) is 11.6 Å². The first kappa shape index (κ1) is 17.9. The molecule has 3 rings (SSSR count). The van der Waals surface area contributed by atoms with Crippen LogP contribution in [0.1, 0.15) is 32.1 Å². The fraction of sp³-hybridized carbons (Fsp3) is 0.556. The molecule has 1 aromatic rings. The molecular formula is C18H25ClN4O2. The summed E-state index contributed by atoms with van der Waals surface area (Å²) in [5.74, 6) is 0.585. The molecular weight excluding hydrogens is 340 g/mol. The Hall–Kier alpha value is -1.95. The minimum absolute atomic E-state index is 0.00777. The summed E-state index contributed by atoms with van der Waals surface area (Å²) >= 11 is 6.35. The molecule has 0 radical (unpaired) electrons. The molecule has 0 aromatic heterocycles. The highest BCUT2D eigenvalue weighted by Crippen LogP contribution is 2.29. The number of hydrogen-bond acceptors (Lipinski definition) is 3. The number of rotatable bonds is 4. The van der Waals surface area contributed by atoms with Crippen molar-refractivity contribution in [3.63, 3.8) is 0 Å². The minimum Gasteiger partial charge on any atom is -0.359 e. The van der Waals surface area contributed by atoms with Gasteiger partial charge in [-0.15, -0.1) is 0 Å². The Bertz CT molecular complexity index is 632. The summed E-state index contributed by atoms with van der Waals surface area (Å²) in [6, 6.07) is 5.18. The molecule has 0 bridgehead atoms. The van der Waals surface area contributed by atoms with Crippen LogP contribution < -0.4 is 20.9 Å². The van der Waals surface area contributed by atoms with Gasteiger partial charge in [-0.05, 0) is 37.0 Å². The first-order valence-electron chi connectivity index (χ1n) is 8.98. The number of anilines is 2. The molecule has 1 aliphatic carbocycles. The lowest BCUT2D eigenvalue weighted by Gasteiger charge is -2.29. The maximum atomic E-state index is 12.1. The number of piperazine rings is 1. The quantitative estimate of drug-likeness (QED) is 0.769. The third-order valence-corrected chi connectivity index (χ3v) is 5.16. The molecule has 2 aliphatic rings. The van der Waals surface area contributed by atoms with Crippen molar-refractivity contribution in [1.82, 2.24) is 10.6 Å². The Kier molecular flexibility index (Phi) is 6.02. The highest BCUT2D eigenvalue weighted by molar-refractivity contribution is 6.33. The fourth-order valence-corrected chi connectivity index (χ4v) is 3.79. The number of benzene rings is 1. The third-order valence-electron chi connectivity index (χ3n) is 4.86. The Morgan fingerprint density at radius 1 is 1.28 bits per heavy atom. The molecule has 0 unspecified atom stereocenters. The minimum atomic E-state index is -0.202. The van der Waals surface area contributed by atoms with Gasteiger partial charge in [-0.2, -0.15) is 0 Å². The van der Waals surface area contributed by atoms with Crippen molar-refractivity contribution in [3.05, 3.63) is 23.2 Å². The van der Waals surface area contributed by atoms with Gasteiger partial charge >= 0.3 is 6.03 Å². The highest BCUT2D eigenvalue weighted by Gasteiger charge is 2.19. The number of hydrogen-bond donors (Lipinski definition) is 3. The molecule has 25 heavy (non-hydrogen) atoms. The van der Waals surface area contributed by atoms with Crippen molar-refractivity contribution in [2.24, 2.45) is 5.92 Å². The maximum Gasteiger partial charge on any atom is 0.319 e. The Morgan fingerprint density at radius 2 is 2.08 bits per heavy atom. The largest absolute Gasteiger partial charge is 0.359 e. The summed E-state index contributed by atoms with van der Waals surface area (Å²) in [4.78, 5) is 25.5. The molecule has 1 saturated carbocycles. The molecule has 0 atom stereocenters. The topological polar surface area (TPSA) is 73.5 Å². The standard InChI is InChI=1S/C18H25ClN4O2/c19-15-10-14(6-7-16(15)23-9-8-20-17(24)12-23)22-18(25)21-11-13-4-2-1-3-5-13/h6-7,10,13H,1-5,8-9,11-12H2,(H,20,24)(H2,21,22,25). The van der Waals surface area contributed by atoms with Crippen molar-refractivity contribution < 1.29 is 9.59 Å². The van der Waals surface area contributed by atoms with E-state index < -0.39 is 0 Å². The zero-order chi connectivity index (χ0) is 17.6. The molecule has 1 aliphatic heterocycles. The van der Waals surface area contributed by atoms with Gasteiger partial charge in [0, 0.05) is 25.3 Å². The van der Waals surface area contributed by atoms with Crippen LogP contribution in [0.2, 0.25) is 5.02 Å². The van der Waals surface area contributed by atoms with Crippen LogP contribution in [0.25, 0.3) is 0 Å². The van der Waals surface area contributed by atoms with Gasteiger partial charge in [-0.25, -0.2) is 4.79 Å². The van der Waals surface area contributed by atoms with Crippen molar-refractivity contribution in [2.45, 2.75) is 32.1 Å². The molecule has 2 fully saturated rings. The van der Waals surface area contributed by atoms with E-state index in [9.17, 15) is 9.59 Å². The lowest BCUT2D eigenvalue weighted by molar-refractivity contribution is -0.120. The number of carbonyl (C=O) groups excluding carboxylic acids is 2. The van der Waals surface area contributed by atoms with Gasteiger partial charge in [0.2, 0.25) is 5.91 Å². The zero-order valence-corrected chi connectivity index (χ0v) is 15.1. The normalized spacial score (nSPS) is 18.6. The van der Waals surface area contributed by atoms with E-state index in [1.165, 1.54) is 32.1 Å². The Morgan fingerprint density at radius 3 is 2.80 bits per heavy atom. The summed E-state index contributed by atoms with van der Waals surface area (Å²) in [6.45, 7) is 2.35. The van der Waals surface area contributed by atoms with Crippen LogP contribution in [0.5, 0.6) is 0 Å². The average Bonchev–Trinajstić information content (AvgIpc) is 2.61. The SMILES string of the molecule is O=C1CN(c2ccc(NC(=O)NCC3CCCCC3)cc2Cl)CCN1. The van der Waals surface area contributed by atoms with Crippen LogP contribution in [0.4, 0.5) is 16.2 Å². The van der Waals surface area contributed by atoms with Crippen molar-refractivity contribution in [3.8, 4) is 0 Å². The fourth-order valence-electron chi connectivity index (χ4n) is 3.49. The third kappa shape index (κ3) is 5.01. The summed E-state index contributed by atoms with van der Waals surface area (Å²) in [5, 5.41) is 9.09. The van der Waals surface area contributed by atoms with Crippen molar-refractivity contribution in [2.75, 3.05) is 36.4 Å². The lowest BCUT2D eigenvalue weighted by atomic mass is 9.89. The summed E-state index contributed by atoms with van der Waals surface area (Å²) in [6.07, 6.45) is 6.24. The lowest BCUT2D eigenvalue weighted by Crippen LogP contribution is -2.47. The van der Waals surface area contributed by atoms with E-state index in [1.54, 1.807) is 6.07 Å². The van der Waals surface area contributed by atoms with Crippen molar-refractivity contribution >= 4 is 34.9 Å². The molecule has 0 spiro atoms. The number of urea groups is 1. The Balaban J connectivity index is 1.53. The number of halogens is 1. The second-order valence-corrected chi connectivity index (χ2v) is 7.18. The van der Waals surface area contributed by atoms with Gasteiger partial charge < -0.3 is 20.9 Å². The van der Waals surface area contributed by atoms with E-state index in [0.29, 0.717) is 29.7 Å². The van der Waals surface area contributed by atoms with Gasteiger partial charge in [0.25, 0.3) is 0 Å². The molecule has 136 valence electrons. The second kappa shape index (κ2) is 8.43. The summed E-state index contributed by atoms with van der Waals surface area (Å²) in [5.41, 5.74) is 1.46. The maximum absolute atomic E-state index is 12.1. The van der Waals surface area contributed by atoms with Crippen molar-refractivity contribution in [1.29, 1.82) is 0 Å². The van der Waals surface area contributed by atoms with Crippen LogP contribution >= 0.6 is 11.6 Å². The van der Waals surface area contributed by atoms with Gasteiger partial charge in [-0.1, -0.05) is 30.9 Å². The van der Waals surface area contributed by atoms with Gasteiger partial charge in [0.1, 0.15) is 0 Å². The van der Waals surface area contributed by atoms with E-state index >= 15 is 0 Å². The number of amides is 3. The number of nitrogens with zero attached hydrogens (tertiary/aromatic N) is 1. The molecule has 3 N–H and O–H groups in total. The molecule has 3 amide bonds. The number of carbonyl (C=O) groups is 2. The molecule has 6 nitrogen and oxygen atoms in total. The zero-order valence-electron chi connectivity index (χ0n) is 14.3. The molecule has 1 aromatic carbocycles.